The predicted octanol–water partition coefficient (Wildman–Crippen LogP) is -0.376. The maximum absolute atomic E-state index is 11.3. The summed E-state index contributed by atoms with van der Waals surface area (Å²) in [6, 6.07) is 0. The fourth-order valence-electron chi connectivity index (χ4n) is 1.10. The number of nitrogens with zero attached hydrogens (tertiary/aromatic N) is 4. The molecular formula is C7H5N5O2. The van der Waals surface area contributed by atoms with E-state index in [9.17, 15) is 9.59 Å². The molecule has 0 saturated heterocycles. The van der Waals surface area contributed by atoms with E-state index >= 15 is 0 Å². The molecule has 0 spiro atoms. The van der Waals surface area contributed by atoms with E-state index in [0.717, 1.165) is 0 Å². The summed E-state index contributed by atoms with van der Waals surface area (Å²) in [6.45, 7) is 0. The summed E-state index contributed by atoms with van der Waals surface area (Å²) in [5.41, 5.74) is 0.171. The van der Waals surface area contributed by atoms with E-state index in [2.05, 4.69) is 19.9 Å². The summed E-state index contributed by atoms with van der Waals surface area (Å²) in [5, 5.41) is 0. The molecule has 0 bridgehead atoms. The number of aryl methyl sites for hydroxylation is 1. The van der Waals surface area contributed by atoms with Gasteiger partial charge in [-0.2, -0.15) is 4.98 Å². The Bertz CT molecular complexity index is 590. The average molecular weight is 191 g/mol. The molecule has 2 aromatic rings. The molecule has 7 nitrogen and oxygen atoms in total. The van der Waals surface area contributed by atoms with Gasteiger partial charge < -0.3 is 4.57 Å². The molecule has 7 heteroatoms. The Morgan fingerprint density at radius 2 is 2.43 bits per heavy atom. The lowest BCUT2D eigenvalue weighted by Crippen LogP contribution is -2.07. The van der Waals surface area contributed by atoms with Crippen molar-refractivity contribution in [2.45, 2.75) is 0 Å². The van der Waals surface area contributed by atoms with E-state index in [1.54, 1.807) is 11.6 Å². The van der Waals surface area contributed by atoms with Crippen molar-refractivity contribution in [2.75, 3.05) is 0 Å². The lowest BCUT2D eigenvalue weighted by molar-refractivity contribution is 0.565. The first kappa shape index (κ1) is 8.33. The number of rotatable bonds is 1. The Balaban J connectivity index is 2.88. The van der Waals surface area contributed by atoms with Crippen LogP contribution >= 0.6 is 0 Å². The molecule has 0 atom stereocenters. The Kier molecular flexibility index (Phi) is 1.72. The molecule has 0 radical (unpaired) electrons. The molecule has 0 aromatic carbocycles. The highest BCUT2D eigenvalue weighted by Gasteiger charge is 2.06. The SMILES string of the molecule is Cn1cnc2c(=O)[nH]c(N=C=O)nc21. The van der Waals surface area contributed by atoms with E-state index in [4.69, 9.17) is 0 Å². The molecule has 0 saturated carbocycles. The normalized spacial score (nSPS) is 10.1. The number of nitrogens with one attached hydrogen (secondary N) is 1. The van der Waals surface area contributed by atoms with Crippen LogP contribution in [0.2, 0.25) is 0 Å². The molecule has 0 fully saturated rings. The van der Waals surface area contributed by atoms with Crippen LogP contribution in [0.15, 0.2) is 16.1 Å². The Morgan fingerprint density at radius 3 is 3.14 bits per heavy atom. The van der Waals surface area contributed by atoms with Gasteiger partial charge in [0.2, 0.25) is 12.0 Å². The van der Waals surface area contributed by atoms with Crippen molar-refractivity contribution >= 4 is 23.2 Å². The summed E-state index contributed by atoms with van der Waals surface area (Å²) in [7, 11) is 1.69. The first-order chi connectivity index (χ1) is 6.72. The van der Waals surface area contributed by atoms with Crippen LogP contribution in [-0.2, 0) is 11.8 Å². The number of fused-ring (bicyclic) bond motifs is 1. The van der Waals surface area contributed by atoms with Crippen LogP contribution in [0.3, 0.4) is 0 Å². The molecule has 0 aliphatic carbocycles. The fraction of sp³-hybridized carbons (Fsp3) is 0.143. The van der Waals surface area contributed by atoms with Crippen LogP contribution in [0.1, 0.15) is 0 Å². The molecule has 0 aliphatic heterocycles. The van der Waals surface area contributed by atoms with Crippen LogP contribution in [-0.4, -0.2) is 25.6 Å². The number of aromatic amines is 1. The van der Waals surface area contributed by atoms with Crippen LogP contribution in [0.25, 0.3) is 11.2 Å². The van der Waals surface area contributed by atoms with Crippen molar-refractivity contribution in [3.63, 3.8) is 0 Å². The molecule has 70 valence electrons. The van der Waals surface area contributed by atoms with Gasteiger partial charge >= 0.3 is 0 Å². The van der Waals surface area contributed by atoms with Crippen molar-refractivity contribution in [1.82, 2.24) is 19.5 Å². The predicted molar refractivity (Wildman–Crippen MR) is 46.9 cm³/mol. The minimum Gasteiger partial charge on any atom is -0.318 e. The first-order valence-electron chi connectivity index (χ1n) is 3.71. The second-order valence-corrected chi connectivity index (χ2v) is 2.62. The standard InChI is InChI=1S/C7H5N5O2/c1-12-2-8-4-5(12)10-7(9-3-13)11-6(4)14/h2H,1H3,(H,10,11,14). The number of aromatic nitrogens is 4. The molecule has 1 N–H and O–H groups in total. The summed E-state index contributed by atoms with van der Waals surface area (Å²) >= 11 is 0. The number of H-pyrrole nitrogens is 1. The van der Waals surface area contributed by atoms with Crippen molar-refractivity contribution in [2.24, 2.45) is 12.0 Å². The third kappa shape index (κ3) is 1.12. The van der Waals surface area contributed by atoms with Crippen molar-refractivity contribution in [1.29, 1.82) is 0 Å². The van der Waals surface area contributed by atoms with Gasteiger partial charge in [-0.1, -0.05) is 0 Å². The number of hydrogen-bond acceptors (Lipinski definition) is 5. The quantitative estimate of drug-likeness (QED) is 0.491. The zero-order valence-electron chi connectivity index (χ0n) is 7.18. The largest absolute Gasteiger partial charge is 0.318 e. The van der Waals surface area contributed by atoms with Gasteiger partial charge in [0.05, 0.1) is 6.33 Å². The van der Waals surface area contributed by atoms with Crippen LogP contribution in [0.4, 0.5) is 5.95 Å². The highest BCUT2D eigenvalue weighted by atomic mass is 16.1. The number of isocyanates is 1. The Labute approximate surface area is 77.1 Å². The third-order valence-corrected chi connectivity index (χ3v) is 1.71. The van der Waals surface area contributed by atoms with E-state index in [1.165, 1.54) is 12.4 Å². The van der Waals surface area contributed by atoms with Gasteiger partial charge in [-0.15, -0.1) is 4.99 Å². The molecule has 0 amide bonds. The molecule has 14 heavy (non-hydrogen) atoms. The Morgan fingerprint density at radius 1 is 1.64 bits per heavy atom. The number of imidazole rings is 1. The molecule has 2 rings (SSSR count). The highest BCUT2D eigenvalue weighted by molar-refractivity contribution is 5.70. The molecule has 2 aromatic heterocycles. The van der Waals surface area contributed by atoms with E-state index < -0.39 is 5.56 Å². The Hall–Kier alpha value is -2.27. The molecule has 0 unspecified atom stereocenters. The third-order valence-electron chi connectivity index (χ3n) is 1.71. The molecule has 2 heterocycles. The summed E-state index contributed by atoms with van der Waals surface area (Å²) in [4.78, 5) is 34.5. The van der Waals surface area contributed by atoms with E-state index in [0.29, 0.717) is 5.65 Å². The lowest BCUT2D eigenvalue weighted by Gasteiger charge is -1.93. The van der Waals surface area contributed by atoms with Crippen LogP contribution in [0.5, 0.6) is 0 Å². The van der Waals surface area contributed by atoms with Crippen molar-refractivity contribution in [3.05, 3.63) is 16.7 Å². The smallest absolute Gasteiger partial charge is 0.280 e. The zero-order chi connectivity index (χ0) is 10.1. The number of aliphatic imine (C=N–C) groups is 1. The summed E-state index contributed by atoms with van der Waals surface area (Å²) < 4.78 is 1.56. The van der Waals surface area contributed by atoms with Crippen LogP contribution < -0.4 is 5.56 Å². The zero-order valence-corrected chi connectivity index (χ0v) is 7.18. The van der Waals surface area contributed by atoms with E-state index in [-0.39, 0.29) is 11.5 Å². The summed E-state index contributed by atoms with van der Waals surface area (Å²) in [6.07, 6.45) is 2.76. The second-order valence-electron chi connectivity index (χ2n) is 2.62. The minimum atomic E-state index is -0.426. The van der Waals surface area contributed by atoms with Gasteiger partial charge in [0, 0.05) is 7.05 Å². The van der Waals surface area contributed by atoms with Gasteiger partial charge in [0.15, 0.2) is 11.2 Å². The number of hydrogen-bond donors (Lipinski definition) is 1. The second kappa shape index (κ2) is 2.90. The van der Waals surface area contributed by atoms with Gasteiger partial charge in [-0.3, -0.25) is 9.78 Å². The minimum absolute atomic E-state index is 0.0684. The number of carbonyl (C=O) groups excluding carboxylic acids is 1. The first-order valence-corrected chi connectivity index (χ1v) is 3.71. The van der Waals surface area contributed by atoms with Crippen molar-refractivity contribution in [3.8, 4) is 0 Å². The fourth-order valence-corrected chi connectivity index (χ4v) is 1.10. The lowest BCUT2D eigenvalue weighted by atomic mass is 10.5. The monoisotopic (exact) mass is 191 g/mol. The molecule has 0 aliphatic rings. The van der Waals surface area contributed by atoms with Crippen molar-refractivity contribution < 1.29 is 4.79 Å². The van der Waals surface area contributed by atoms with Gasteiger partial charge in [-0.25, -0.2) is 9.78 Å². The van der Waals surface area contributed by atoms with Gasteiger partial charge in [0.1, 0.15) is 0 Å². The van der Waals surface area contributed by atoms with Crippen LogP contribution in [0, 0.1) is 0 Å². The van der Waals surface area contributed by atoms with E-state index in [1.807, 2.05) is 0 Å². The molecular weight excluding hydrogens is 186 g/mol. The maximum atomic E-state index is 11.3. The maximum Gasteiger partial charge on any atom is 0.280 e. The van der Waals surface area contributed by atoms with Gasteiger partial charge in [-0.05, 0) is 0 Å². The topological polar surface area (TPSA) is 93.0 Å². The summed E-state index contributed by atoms with van der Waals surface area (Å²) in [5.74, 6) is -0.0684. The average Bonchev–Trinajstić information content (AvgIpc) is 2.49. The van der Waals surface area contributed by atoms with Gasteiger partial charge in [0.25, 0.3) is 5.56 Å². The highest BCUT2D eigenvalue weighted by Crippen LogP contribution is 2.06.